The number of carboxylic acids is 1. The molecule has 1 heterocycles. The summed E-state index contributed by atoms with van der Waals surface area (Å²) in [6.45, 7) is 2.26. The van der Waals surface area contributed by atoms with Crippen LogP contribution in [0.3, 0.4) is 0 Å². The average Bonchev–Trinajstić information content (AvgIpc) is 2.99. The number of ether oxygens (including phenoxy) is 1. The van der Waals surface area contributed by atoms with E-state index in [0.717, 1.165) is 0 Å². The van der Waals surface area contributed by atoms with Crippen molar-refractivity contribution in [2.45, 2.75) is 6.92 Å². The van der Waals surface area contributed by atoms with Crippen molar-refractivity contribution in [2.24, 2.45) is 4.99 Å². The lowest BCUT2D eigenvalue weighted by Gasteiger charge is -2.12. The molecule has 1 aliphatic heterocycles. The van der Waals surface area contributed by atoms with Crippen LogP contribution < -0.4 is 4.74 Å². The Morgan fingerprint density at radius 1 is 1.31 bits per heavy atom. The summed E-state index contributed by atoms with van der Waals surface area (Å²) in [4.78, 5) is 30.2. The molecule has 0 bridgehead atoms. The SMILES string of the molecule is CCN1C(=O)/C(=C/c2cc(Cl)c(O)c(OC)c2)SC1=Nc1ccc(C(=O)O)cc1. The molecule has 9 heteroatoms. The van der Waals surface area contributed by atoms with Gasteiger partial charge in [-0.05, 0) is 66.7 Å². The molecule has 0 aromatic heterocycles. The van der Waals surface area contributed by atoms with Crippen LogP contribution in [0.5, 0.6) is 11.5 Å². The molecule has 1 fully saturated rings. The number of aromatic hydroxyl groups is 1. The molecule has 29 heavy (non-hydrogen) atoms. The number of phenolic OH excluding ortho intramolecular Hbond substituents is 1. The number of aromatic carboxylic acids is 1. The Kier molecular flexibility index (Phi) is 6.14. The van der Waals surface area contributed by atoms with E-state index in [2.05, 4.69) is 4.99 Å². The molecule has 1 aliphatic rings. The second-order valence-electron chi connectivity index (χ2n) is 5.96. The first kappa shape index (κ1) is 20.8. The van der Waals surface area contributed by atoms with Gasteiger partial charge < -0.3 is 14.9 Å². The molecule has 2 aromatic rings. The Morgan fingerprint density at radius 2 is 2.00 bits per heavy atom. The highest BCUT2D eigenvalue weighted by Gasteiger charge is 2.32. The topological polar surface area (TPSA) is 99.4 Å². The van der Waals surface area contributed by atoms with Crippen LogP contribution in [0.15, 0.2) is 46.3 Å². The van der Waals surface area contributed by atoms with Crippen molar-refractivity contribution in [3.63, 3.8) is 0 Å². The lowest BCUT2D eigenvalue weighted by atomic mass is 10.2. The van der Waals surface area contributed by atoms with Crippen molar-refractivity contribution < 1.29 is 24.5 Å². The van der Waals surface area contributed by atoms with E-state index in [1.54, 1.807) is 24.3 Å². The van der Waals surface area contributed by atoms with Gasteiger partial charge in [-0.1, -0.05) is 11.6 Å². The molecule has 0 aliphatic carbocycles. The maximum Gasteiger partial charge on any atom is 0.335 e. The van der Waals surface area contributed by atoms with Crippen molar-refractivity contribution >= 4 is 52.2 Å². The smallest absolute Gasteiger partial charge is 0.335 e. The third-order valence-electron chi connectivity index (χ3n) is 4.11. The minimum atomic E-state index is -1.02. The number of hydrogen-bond acceptors (Lipinski definition) is 6. The Balaban J connectivity index is 1.93. The molecular formula is C20H17ClN2O5S. The van der Waals surface area contributed by atoms with E-state index in [1.165, 1.54) is 42.0 Å². The van der Waals surface area contributed by atoms with Gasteiger partial charge in [0.05, 0.1) is 28.3 Å². The number of amides is 1. The Labute approximate surface area is 176 Å². The van der Waals surface area contributed by atoms with Crippen molar-refractivity contribution in [2.75, 3.05) is 13.7 Å². The molecule has 0 unspecified atom stereocenters. The molecule has 1 saturated heterocycles. The van der Waals surface area contributed by atoms with Crippen LogP contribution in [0.4, 0.5) is 5.69 Å². The standard InChI is InChI=1S/C20H17ClN2O5S/c1-3-23-18(25)16(10-11-8-14(21)17(24)15(9-11)28-2)29-20(23)22-13-6-4-12(5-7-13)19(26)27/h4-10,24H,3H2,1-2H3,(H,26,27)/b16-10-,22-20?. The fourth-order valence-electron chi connectivity index (χ4n) is 2.64. The zero-order chi connectivity index (χ0) is 21.1. The number of nitrogens with zero attached hydrogens (tertiary/aromatic N) is 2. The average molecular weight is 433 g/mol. The van der Waals surface area contributed by atoms with Crippen LogP contribution in [0.2, 0.25) is 5.02 Å². The molecule has 7 nitrogen and oxygen atoms in total. The van der Waals surface area contributed by atoms with Crippen molar-refractivity contribution in [1.29, 1.82) is 0 Å². The first-order chi connectivity index (χ1) is 13.8. The number of rotatable bonds is 5. The first-order valence-corrected chi connectivity index (χ1v) is 9.73. The number of thioether (sulfide) groups is 1. The van der Waals surface area contributed by atoms with E-state index in [-0.39, 0.29) is 28.0 Å². The number of benzene rings is 2. The number of phenols is 1. The zero-order valence-electron chi connectivity index (χ0n) is 15.5. The van der Waals surface area contributed by atoms with Gasteiger partial charge in [-0.3, -0.25) is 9.69 Å². The number of carbonyl (C=O) groups is 2. The van der Waals surface area contributed by atoms with Crippen LogP contribution in [-0.4, -0.2) is 45.8 Å². The summed E-state index contributed by atoms with van der Waals surface area (Å²) in [7, 11) is 1.41. The van der Waals surface area contributed by atoms with Gasteiger partial charge in [-0.15, -0.1) is 0 Å². The van der Waals surface area contributed by atoms with Gasteiger partial charge in [0.2, 0.25) is 0 Å². The number of amidine groups is 1. The van der Waals surface area contributed by atoms with E-state index >= 15 is 0 Å². The molecular weight excluding hydrogens is 416 g/mol. The lowest BCUT2D eigenvalue weighted by Crippen LogP contribution is -2.28. The van der Waals surface area contributed by atoms with E-state index < -0.39 is 5.97 Å². The van der Waals surface area contributed by atoms with Gasteiger partial charge in [0.1, 0.15) is 0 Å². The number of likely N-dealkylation sites (N-methyl/N-ethyl adjacent to an activating group) is 1. The fourth-order valence-corrected chi connectivity index (χ4v) is 3.92. The summed E-state index contributed by atoms with van der Waals surface area (Å²) in [6, 6.07) is 9.21. The van der Waals surface area contributed by atoms with Gasteiger partial charge in [0, 0.05) is 6.54 Å². The molecule has 150 valence electrons. The van der Waals surface area contributed by atoms with Crippen LogP contribution in [0.1, 0.15) is 22.8 Å². The third-order valence-corrected chi connectivity index (χ3v) is 5.41. The molecule has 3 rings (SSSR count). The minimum Gasteiger partial charge on any atom is -0.503 e. The van der Waals surface area contributed by atoms with Crippen LogP contribution in [0.25, 0.3) is 6.08 Å². The minimum absolute atomic E-state index is 0.117. The predicted octanol–water partition coefficient (Wildman–Crippen LogP) is 4.38. The lowest BCUT2D eigenvalue weighted by molar-refractivity contribution is -0.122. The van der Waals surface area contributed by atoms with Gasteiger partial charge in [-0.25, -0.2) is 9.79 Å². The van der Waals surface area contributed by atoms with Crippen molar-refractivity contribution in [3.8, 4) is 11.5 Å². The summed E-state index contributed by atoms with van der Waals surface area (Å²) >= 11 is 7.22. The summed E-state index contributed by atoms with van der Waals surface area (Å²) in [5.74, 6) is -1.18. The van der Waals surface area contributed by atoms with E-state index in [0.29, 0.717) is 27.9 Å². The first-order valence-electron chi connectivity index (χ1n) is 8.54. The summed E-state index contributed by atoms with van der Waals surface area (Å²) < 4.78 is 5.10. The fraction of sp³-hybridized carbons (Fsp3) is 0.150. The van der Waals surface area contributed by atoms with E-state index in [4.69, 9.17) is 21.4 Å². The quantitative estimate of drug-likeness (QED) is 0.680. The number of hydrogen-bond donors (Lipinski definition) is 2. The predicted molar refractivity (Wildman–Crippen MR) is 113 cm³/mol. The number of methoxy groups -OCH3 is 1. The normalized spacial score (nSPS) is 16.7. The Morgan fingerprint density at radius 3 is 2.59 bits per heavy atom. The molecule has 2 N–H and O–H groups in total. The maximum absolute atomic E-state index is 12.8. The molecule has 1 amide bonds. The van der Waals surface area contributed by atoms with Crippen LogP contribution >= 0.6 is 23.4 Å². The van der Waals surface area contributed by atoms with E-state index in [1.807, 2.05) is 6.92 Å². The van der Waals surface area contributed by atoms with Gasteiger partial charge >= 0.3 is 5.97 Å². The van der Waals surface area contributed by atoms with Crippen LogP contribution in [-0.2, 0) is 4.79 Å². The van der Waals surface area contributed by atoms with E-state index in [9.17, 15) is 14.7 Å². The summed E-state index contributed by atoms with van der Waals surface area (Å²) in [6.07, 6.45) is 1.65. The van der Waals surface area contributed by atoms with Gasteiger partial charge in [0.15, 0.2) is 16.7 Å². The highest BCUT2D eigenvalue weighted by Crippen LogP contribution is 2.38. The summed E-state index contributed by atoms with van der Waals surface area (Å²) in [5, 5.41) is 19.5. The highest BCUT2D eigenvalue weighted by atomic mass is 35.5. The molecule has 0 spiro atoms. The molecule has 0 atom stereocenters. The van der Waals surface area contributed by atoms with Gasteiger partial charge in [0.25, 0.3) is 5.91 Å². The number of carboxylic acid groups (broad SMARTS) is 1. The number of carbonyl (C=O) groups excluding carboxylic acids is 1. The second kappa shape index (κ2) is 8.59. The monoisotopic (exact) mass is 432 g/mol. The maximum atomic E-state index is 12.8. The van der Waals surface area contributed by atoms with Gasteiger partial charge in [-0.2, -0.15) is 0 Å². The second-order valence-corrected chi connectivity index (χ2v) is 7.38. The Bertz CT molecular complexity index is 1030. The molecule has 0 radical (unpaired) electrons. The Hall–Kier alpha value is -2.97. The van der Waals surface area contributed by atoms with Crippen molar-refractivity contribution in [3.05, 3.63) is 57.5 Å². The molecule has 0 saturated carbocycles. The largest absolute Gasteiger partial charge is 0.503 e. The van der Waals surface area contributed by atoms with Crippen molar-refractivity contribution in [1.82, 2.24) is 4.90 Å². The molecule has 2 aromatic carbocycles. The number of halogens is 1. The van der Waals surface area contributed by atoms with Crippen LogP contribution in [0, 0.1) is 0 Å². The third kappa shape index (κ3) is 4.38. The number of aliphatic imine (C=N–C) groups is 1. The highest BCUT2D eigenvalue weighted by molar-refractivity contribution is 8.18. The zero-order valence-corrected chi connectivity index (χ0v) is 17.1. The summed E-state index contributed by atoms with van der Waals surface area (Å²) in [5.41, 5.74) is 1.30.